The second-order valence-corrected chi connectivity index (χ2v) is 5.50. The van der Waals surface area contributed by atoms with Crippen molar-refractivity contribution in [1.82, 2.24) is 9.13 Å². The quantitative estimate of drug-likeness (QED) is 0.812. The summed E-state index contributed by atoms with van der Waals surface area (Å²) in [7, 11) is 2.70. The molecule has 0 atom stereocenters. The van der Waals surface area contributed by atoms with Crippen LogP contribution in [0.15, 0.2) is 32.3 Å². The summed E-state index contributed by atoms with van der Waals surface area (Å²) in [6.07, 6.45) is 0. The second kappa shape index (κ2) is 5.76. The third-order valence-corrected chi connectivity index (χ3v) is 3.61. The molecule has 1 heterocycles. The Hall–Kier alpha value is -2.04. The molecule has 0 bridgehead atoms. The fraction of sp³-hybridized carbons (Fsp3) is 0.154. The highest BCUT2D eigenvalue weighted by Gasteiger charge is 2.18. The van der Waals surface area contributed by atoms with Gasteiger partial charge in [0.25, 0.3) is 5.56 Å². The second-order valence-electron chi connectivity index (χ2n) is 4.17. The highest BCUT2D eigenvalue weighted by Crippen LogP contribution is 2.31. The van der Waals surface area contributed by atoms with Gasteiger partial charge >= 0.3 is 5.69 Å². The van der Waals surface area contributed by atoms with Crippen molar-refractivity contribution in [3.63, 3.8) is 0 Å². The van der Waals surface area contributed by atoms with E-state index in [1.165, 1.54) is 14.1 Å². The Bertz CT molecular complexity index is 880. The summed E-state index contributed by atoms with van der Waals surface area (Å²) in [5.41, 5.74) is -1.58. The Kier molecular flexibility index (Phi) is 4.21. The number of benzene rings is 1. The highest BCUT2D eigenvalue weighted by atomic mass is 79.9. The van der Waals surface area contributed by atoms with Crippen LogP contribution in [0.4, 0.5) is 0 Å². The number of rotatable bonds is 2. The summed E-state index contributed by atoms with van der Waals surface area (Å²) < 4.78 is 8.18. The van der Waals surface area contributed by atoms with Crippen molar-refractivity contribution in [1.29, 1.82) is 5.26 Å². The largest absolute Gasteiger partial charge is 0.437 e. The summed E-state index contributed by atoms with van der Waals surface area (Å²) in [5, 5.41) is 9.41. The standard InChI is InChI=1S/C13H9BrClN3O3/c1-17-11(19)8(6-16)12(18(2)13(17)20)21-10-4-3-7(14)5-9(10)15/h3-5H,1-2H3. The van der Waals surface area contributed by atoms with Crippen molar-refractivity contribution >= 4 is 27.5 Å². The topological polar surface area (TPSA) is 77.0 Å². The fourth-order valence-corrected chi connectivity index (χ4v) is 2.41. The molecule has 0 spiro atoms. The van der Waals surface area contributed by atoms with E-state index < -0.39 is 11.2 Å². The van der Waals surface area contributed by atoms with Gasteiger partial charge in [-0.25, -0.2) is 4.79 Å². The lowest BCUT2D eigenvalue weighted by Crippen LogP contribution is -2.38. The van der Waals surface area contributed by atoms with Gasteiger partial charge in [0.15, 0.2) is 5.56 Å². The Morgan fingerprint density at radius 3 is 2.52 bits per heavy atom. The van der Waals surface area contributed by atoms with Crippen molar-refractivity contribution < 1.29 is 4.74 Å². The van der Waals surface area contributed by atoms with Crippen molar-refractivity contribution in [2.75, 3.05) is 0 Å². The van der Waals surface area contributed by atoms with Crippen LogP contribution in [0.5, 0.6) is 11.6 Å². The highest BCUT2D eigenvalue weighted by molar-refractivity contribution is 9.10. The summed E-state index contributed by atoms with van der Waals surface area (Å²) >= 11 is 9.29. The zero-order chi connectivity index (χ0) is 15.7. The molecule has 0 aliphatic heterocycles. The lowest BCUT2D eigenvalue weighted by Gasteiger charge is -2.13. The average Bonchev–Trinajstić information content (AvgIpc) is 2.45. The predicted molar refractivity (Wildman–Crippen MR) is 80.9 cm³/mol. The lowest BCUT2D eigenvalue weighted by atomic mass is 10.3. The van der Waals surface area contributed by atoms with Crippen LogP contribution in [0.1, 0.15) is 5.56 Å². The van der Waals surface area contributed by atoms with E-state index in [0.29, 0.717) is 0 Å². The molecular weight excluding hydrogens is 362 g/mol. The average molecular weight is 371 g/mol. The van der Waals surface area contributed by atoms with Crippen LogP contribution < -0.4 is 16.0 Å². The Balaban J connectivity index is 2.68. The van der Waals surface area contributed by atoms with Gasteiger partial charge in [0, 0.05) is 18.6 Å². The Morgan fingerprint density at radius 2 is 1.95 bits per heavy atom. The van der Waals surface area contributed by atoms with Gasteiger partial charge in [0.2, 0.25) is 5.88 Å². The summed E-state index contributed by atoms with van der Waals surface area (Å²) in [5.74, 6) is 0.0921. The van der Waals surface area contributed by atoms with E-state index in [2.05, 4.69) is 15.9 Å². The minimum Gasteiger partial charge on any atom is -0.437 e. The molecule has 0 unspecified atom stereocenters. The monoisotopic (exact) mass is 369 g/mol. The predicted octanol–water partition coefficient (Wildman–Crippen LogP) is 2.16. The van der Waals surface area contributed by atoms with Crippen molar-refractivity contribution in [3.8, 4) is 17.7 Å². The van der Waals surface area contributed by atoms with E-state index in [-0.39, 0.29) is 22.2 Å². The summed E-state index contributed by atoms with van der Waals surface area (Å²) in [6.45, 7) is 0. The molecule has 21 heavy (non-hydrogen) atoms. The molecule has 1 aromatic heterocycles. The number of nitrogens with zero attached hydrogens (tertiary/aromatic N) is 3. The van der Waals surface area contributed by atoms with E-state index >= 15 is 0 Å². The number of hydrogen-bond donors (Lipinski definition) is 0. The number of hydrogen-bond acceptors (Lipinski definition) is 4. The number of ether oxygens (including phenoxy) is 1. The zero-order valence-electron chi connectivity index (χ0n) is 11.1. The maximum absolute atomic E-state index is 11.9. The fourth-order valence-electron chi connectivity index (χ4n) is 1.70. The molecule has 108 valence electrons. The van der Waals surface area contributed by atoms with E-state index in [1.54, 1.807) is 24.3 Å². The molecule has 2 rings (SSSR count). The Labute approximate surface area is 132 Å². The number of halogens is 2. The van der Waals surface area contributed by atoms with Gasteiger partial charge in [-0.3, -0.25) is 13.9 Å². The molecule has 0 N–H and O–H groups in total. The van der Waals surface area contributed by atoms with Crippen LogP contribution in [-0.2, 0) is 14.1 Å². The first-order valence-corrected chi connectivity index (χ1v) is 6.87. The van der Waals surface area contributed by atoms with Crippen LogP contribution in [0.25, 0.3) is 0 Å². The van der Waals surface area contributed by atoms with E-state index in [9.17, 15) is 9.59 Å². The van der Waals surface area contributed by atoms with Crippen LogP contribution in [0.2, 0.25) is 5.02 Å². The van der Waals surface area contributed by atoms with E-state index in [0.717, 1.165) is 13.6 Å². The third kappa shape index (κ3) is 2.73. The van der Waals surface area contributed by atoms with Gasteiger partial charge in [0.05, 0.1) is 5.02 Å². The molecule has 0 aliphatic carbocycles. The maximum atomic E-state index is 11.9. The van der Waals surface area contributed by atoms with Crippen LogP contribution in [0.3, 0.4) is 0 Å². The molecule has 0 saturated heterocycles. The molecule has 0 saturated carbocycles. The Morgan fingerprint density at radius 1 is 1.29 bits per heavy atom. The van der Waals surface area contributed by atoms with Gasteiger partial charge in [-0.15, -0.1) is 0 Å². The third-order valence-electron chi connectivity index (χ3n) is 2.82. The maximum Gasteiger partial charge on any atom is 0.333 e. The van der Waals surface area contributed by atoms with Crippen LogP contribution >= 0.6 is 27.5 Å². The minimum absolute atomic E-state index is 0.144. The van der Waals surface area contributed by atoms with Gasteiger partial charge < -0.3 is 4.74 Å². The van der Waals surface area contributed by atoms with Gasteiger partial charge in [-0.1, -0.05) is 27.5 Å². The van der Waals surface area contributed by atoms with Crippen molar-refractivity contribution in [2.45, 2.75) is 0 Å². The van der Waals surface area contributed by atoms with Crippen LogP contribution in [0, 0.1) is 11.3 Å². The number of aromatic nitrogens is 2. The zero-order valence-corrected chi connectivity index (χ0v) is 13.4. The molecule has 6 nitrogen and oxygen atoms in total. The van der Waals surface area contributed by atoms with Crippen molar-refractivity contribution in [2.24, 2.45) is 14.1 Å². The number of nitriles is 1. The molecule has 0 radical (unpaired) electrons. The SMILES string of the molecule is Cn1c(Oc2ccc(Br)cc2Cl)c(C#N)c(=O)n(C)c1=O. The van der Waals surface area contributed by atoms with Gasteiger partial charge in [-0.05, 0) is 18.2 Å². The molecule has 0 fully saturated rings. The molecule has 0 amide bonds. The normalized spacial score (nSPS) is 10.2. The first-order chi connectivity index (χ1) is 9.86. The molecular formula is C13H9BrClN3O3. The first kappa shape index (κ1) is 15.4. The summed E-state index contributed by atoms with van der Waals surface area (Å²) in [6, 6.07) is 6.60. The molecule has 2 aromatic rings. The van der Waals surface area contributed by atoms with Gasteiger partial charge in [0.1, 0.15) is 11.8 Å². The lowest BCUT2D eigenvalue weighted by molar-refractivity contribution is 0.421. The van der Waals surface area contributed by atoms with Crippen molar-refractivity contribution in [3.05, 3.63) is 54.1 Å². The molecule has 0 aliphatic rings. The molecule has 8 heteroatoms. The van der Waals surface area contributed by atoms with Crippen LogP contribution in [-0.4, -0.2) is 9.13 Å². The van der Waals surface area contributed by atoms with Gasteiger partial charge in [-0.2, -0.15) is 5.26 Å². The first-order valence-electron chi connectivity index (χ1n) is 5.69. The molecule has 1 aromatic carbocycles. The summed E-state index contributed by atoms with van der Waals surface area (Å²) in [4.78, 5) is 23.8. The van der Waals surface area contributed by atoms with E-state index in [1.807, 2.05) is 0 Å². The smallest absolute Gasteiger partial charge is 0.333 e. The van der Waals surface area contributed by atoms with E-state index in [4.69, 9.17) is 21.6 Å². The minimum atomic E-state index is -0.719.